The van der Waals surface area contributed by atoms with Crippen molar-refractivity contribution in [2.75, 3.05) is 22.7 Å². The standard InChI is InChI=1S/C27H25ClN4O4/c1-4-36-21-11-9-20(10-12-21)29-26(34)27(35)31-32-22-13-8-19(28)14-18(22)15-23(32)25(33)30-24-16(2)6-5-7-17(24)3/h5-15H,4H2,1-3H3,(H,29,34)(H,30,33)(H,31,35). The summed E-state index contributed by atoms with van der Waals surface area (Å²) >= 11 is 6.14. The summed E-state index contributed by atoms with van der Waals surface area (Å²) in [5, 5.41) is 6.55. The highest BCUT2D eigenvalue weighted by atomic mass is 35.5. The van der Waals surface area contributed by atoms with Crippen LogP contribution in [0.1, 0.15) is 28.5 Å². The van der Waals surface area contributed by atoms with E-state index in [0.29, 0.717) is 39.7 Å². The van der Waals surface area contributed by atoms with Gasteiger partial charge >= 0.3 is 11.8 Å². The minimum Gasteiger partial charge on any atom is -0.494 e. The van der Waals surface area contributed by atoms with Crippen LogP contribution in [-0.2, 0) is 9.59 Å². The molecule has 0 saturated carbocycles. The molecular formula is C27H25ClN4O4. The number of aromatic nitrogens is 1. The number of benzene rings is 3. The summed E-state index contributed by atoms with van der Waals surface area (Å²) in [6.45, 7) is 6.18. The second kappa shape index (κ2) is 10.5. The first-order valence-corrected chi connectivity index (χ1v) is 11.7. The molecule has 0 saturated heterocycles. The number of carbonyl (C=O) groups is 3. The predicted molar refractivity (Wildman–Crippen MR) is 141 cm³/mol. The van der Waals surface area contributed by atoms with Crippen LogP contribution in [-0.4, -0.2) is 29.0 Å². The van der Waals surface area contributed by atoms with Crippen molar-refractivity contribution in [3.05, 3.63) is 88.6 Å². The third-order valence-electron chi connectivity index (χ3n) is 5.56. The lowest BCUT2D eigenvalue weighted by Crippen LogP contribution is -2.36. The number of hydrogen-bond acceptors (Lipinski definition) is 4. The number of halogens is 1. The van der Waals surface area contributed by atoms with E-state index in [2.05, 4.69) is 16.1 Å². The number of aryl methyl sites for hydroxylation is 2. The number of nitrogens with one attached hydrogen (secondary N) is 3. The van der Waals surface area contributed by atoms with Crippen molar-refractivity contribution in [1.82, 2.24) is 4.68 Å². The van der Waals surface area contributed by atoms with Crippen molar-refractivity contribution in [1.29, 1.82) is 0 Å². The number of anilines is 2. The Morgan fingerprint density at radius 3 is 2.25 bits per heavy atom. The van der Waals surface area contributed by atoms with Crippen LogP contribution in [0.3, 0.4) is 0 Å². The predicted octanol–water partition coefficient (Wildman–Crippen LogP) is 5.27. The van der Waals surface area contributed by atoms with Crippen molar-refractivity contribution in [2.24, 2.45) is 0 Å². The van der Waals surface area contributed by atoms with Gasteiger partial charge in [-0.3, -0.25) is 19.8 Å². The molecule has 1 aromatic heterocycles. The van der Waals surface area contributed by atoms with E-state index in [4.69, 9.17) is 16.3 Å². The molecule has 0 atom stereocenters. The second-order valence-corrected chi connectivity index (χ2v) is 8.58. The first-order valence-electron chi connectivity index (χ1n) is 11.3. The Hall–Kier alpha value is -4.30. The van der Waals surface area contributed by atoms with Crippen LogP contribution in [0.4, 0.5) is 11.4 Å². The second-order valence-electron chi connectivity index (χ2n) is 8.14. The molecule has 0 aliphatic carbocycles. The number of ether oxygens (including phenoxy) is 1. The summed E-state index contributed by atoms with van der Waals surface area (Å²) in [7, 11) is 0. The monoisotopic (exact) mass is 504 g/mol. The van der Waals surface area contributed by atoms with Crippen LogP contribution in [0.25, 0.3) is 10.9 Å². The molecular weight excluding hydrogens is 480 g/mol. The molecule has 184 valence electrons. The highest BCUT2D eigenvalue weighted by molar-refractivity contribution is 6.42. The van der Waals surface area contributed by atoms with Crippen LogP contribution < -0.4 is 20.8 Å². The third-order valence-corrected chi connectivity index (χ3v) is 5.79. The lowest BCUT2D eigenvalue weighted by Gasteiger charge is -2.15. The van der Waals surface area contributed by atoms with Gasteiger partial charge in [-0.1, -0.05) is 29.8 Å². The number of hydrogen-bond donors (Lipinski definition) is 3. The molecule has 9 heteroatoms. The van der Waals surface area contributed by atoms with E-state index < -0.39 is 17.7 Å². The summed E-state index contributed by atoms with van der Waals surface area (Å²) in [6.07, 6.45) is 0. The quantitative estimate of drug-likeness (QED) is 0.311. The van der Waals surface area contributed by atoms with Gasteiger partial charge in [-0.2, -0.15) is 0 Å². The lowest BCUT2D eigenvalue weighted by molar-refractivity contribution is -0.133. The zero-order chi connectivity index (χ0) is 25.8. The molecule has 4 aromatic rings. The maximum atomic E-state index is 13.3. The summed E-state index contributed by atoms with van der Waals surface area (Å²) in [6, 6.07) is 18.9. The van der Waals surface area contributed by atoms with E-state index in [0.717, 1.165) is 11.1 Å². The number of carbonyl (C=O) groups excluding carboxylic acids is 3. The van der Waals surface area contributed by atoms with Crippen LogP contribution in [0.15, 0.2) is 66.7 Å². The maximum absolute atomic E-state index is 13.3. The molecule has 3 aromatic carbocycles. The molecule has 8 nitrogen and oxygen atoms in total. The Labute approximate surface area is 213 Å². The summed E-state index contributed by atoms with van der Waals surface area (Å²) in [5.74, 6) is -1.64. The minimum absolute atomic E-state index is 0.136. The van der Waals surface area contributed by atoms with E-state index in [1.165, 1.54) is 4.68 Å². The van der Waals surface area contributed by atoms with Gasteiger partial charge in [-0.05, 0) is 80.4 Å². The van der Waals surface area contributed by atoms with Crippen molar-refractivity contribution >= 4 is 51.6 Å². The largest absolute Gasteiger partial charge is 0.494 e. The molecule has 3 amide bonds. The maximum Gasteiger partial charge on any atom is 0.328 e. The molecule has 36 heavy (non-hydrogen) atoms. The summed E-state index contributed by atoms with van der Waals surface area (Å²) < 4.78 is 6.67. The molecule has 0 aliphatic heterocycles. The van der Waals surface area contributed by atoms with Gasteiger partial charge in [-0.25, -0.2) is 4.68 Å². The Kier molecular flexibility index (Phi) is 7.26. The first kappa shape index (κ1) is 24.8. The van der Waals surface area contributed by atoms with Gasteiger partial charge in [0.25, 0.3) is 5.91 Å². The first-order chi connectivity index (χ1) is 17.3. The fourth-order valence-corrected chi connectivity index (χ4v) is 3.98. The third kappa shape index (κ3) is 5.34. The SMILES string of the molecule is CCOc1ccc(NC(=O)C(=O)Nn2c(C(=O)Nc3c(C)cccc3C)cc3cc(Cl)ccc32)cc1. The van der Waals surface area contributed by atoms with Gasteiger partial charge < -0.3 is 15.4 Å². The fraction of sp³-hybridized carbons (Fsp3) is 0.148. The van der Waals surface area contributed by atoms with Crippen LogP contribution in [0.5, 0.6) is 5.75 Å². The van der Waals surface area contributed by atoms with Gasteiger partial charge in [-0.15, -0.1) is 0 Å². The normalized spacial score (nSPS) is 10.7. The molecule has 0 spiro atoms. The average molecular weight is 505 g/mol. The van der Waals surface area contributed by atoms with E-state index in [-0.39, 0.29) is 5.69 Å². The topological polar surface area (TPSA) is 101 Å². The van der Waals surface area contributed by atoms with Gasteiger partial charge in [0.15, 0.2) is 0 Å². The van der Waals surface area contributed by atoms with Crippen LogP contribution in [0.2, 0.25) is 5.02 Å². The average Bonchev–Trinajstić information content (AvgIpc) is 3.20. The zero-order valence-corrected chi connectivity index (χ0v) is 20.8. The molecule has 1 heterocycles. The molecule has 0 bridgehead atoms. The zero-order valence-electron chi connectivity index (χ0n) is 20.0. The lowest BCUT2D eigenvalue weighted by atomic mass is 10.1. The molecule has 0 unspecified atom stereocenters. The molecule has 0 aliphatic rings. The van der Waals surface area contributed by atoms with E-state index in [9.17, 15) is 14.4 Å². The number of para-hydroxylation sites is 1. The van der Waals surface area contributed by atoms with Gasteiger partial charge in [0.2, 0.25) is 0 Å². The number of fused-ring (bicyclic) bond motifs is 1. The molecule has 0 radical (unpaired) electrons. The van der Waals surface area contributed by atoms with E-state index in [1.807, 2.05) is 39.0 Å². The highest BCUT2D eigenvalue weighted by Gasteiger charge is 2.22. The molecule has 0 fully saturated rings. The van der Waals surface area contributed by atoms with Gasteiger partial charge in [0, 0.05) is 21.8 Å². The van der Waals surface area contributed by atoms with Gasteiger partial charge in [0.05, 0.1) is 12.1 Å². The Morgan fingerprint density at radius 1 is 0.889 bits per heavy atom. The Bertz CT molecular complexity index is 1440. The minimum atomic E-state index is -0.947. The Balaban J connectivity index is 1.60. The van der Waals surface area contributed by atoms with Crippen LogP contribution in [0, 0.1) is 13.8 Å². The van der Waals surface area contributed by atoms with Crippen molar-refractivity contribution in [2.45, 2.75) is 20.8 Å². The van der Waals surface area contributed by atoms with E-state index >= 15 is 0 Å². The molecule has 3 N–H and O–H groups in total. The van der Waals surface area contributed by atoms with Crippen LogP contribution >= 0.6 is 11.6 Å². The smallest absolute Gasteiger partial charge is 0.328 e. The number of rotatable bonds is 6. The Morgan fingerprint density at radius 2 is 1.58 bits per heavy atom. The van der Waals surface area contributed by atoms with Crippen molar-refractivity contribution in [3.63, 3.8) is 0 Å². The fourth-order valence-electron chi connectivity index (χ4n) is 3.80. The summed E-state index contributed by atoms with van der Waals surface area (Å²) in [5.41, 5.74) is 6.08. The van der Waals surface area contributed by atoms with Gasteiger partial charge in [0.1, 0.15) is 11.4 Å². The van der Waals surface area contributed by atoms with Crippen molar-refractivity contribution in [3.8, 4) is 5.75 Å². The number of amides is 3. The van der Waals surface area contributed by atoms with Crippen molar-refractivity contribution < 1.29 is 19.1 Å². The number of nitrogens with zero attached hydrogens (tertiary/aromatic N) is 1. The highest BCUT2D eigenvalue weighted by Crippen LogP contribution is 2.25. The summed E-state index contributed by atoms with van der Waals surface area (Å²) in [4.78, 5) is 38.7. The van der Waals surface area contributed by atoms with E-state index in [1.54, 1.807) is 48.5 Å². The molecule has 4 rings (SSSR count).